The van der Waals surface area contributed by atoms with Gasteiger partial charge in [-0.15, -0.1) is 0 Å². The molecule has 9 nitrogen and oxygen atoms in total. The van der Waals surface area contributed by atoms with Crippen LogP contribution in [0.5, 0.6) is 0 Å². The first kappa shape index (κ1) is 30.2. The zero-order valence-electron chi connectivity index (χ0n) is 24.1. The lowest BCUT2D eigenvalue weighted by Gasteiger charge is -2.53. The molecule has 0 bridgehead atoms. The molecular formula is C30H42N4O5S2. The summed E-state index contributed by atoms with van der Waals surface area (Å²) < 4.78 is 56.2. The Morgan fingerprint density at radius 3 is 2.00 bits per heavy atom. The van der Waals surface area contributed by atoms with Gasteiger partial charge in [0.1, 0.15) is 0 Å². The summed E-state index contributed by atoms with van der Waals surface area (Å²) in [6.07, 6.45) is 6.25. The van der Waals surface area contributed by atoms with Crippen molar-refractivity contribution in [3.8, 4) is 0 Å². The number of likely N-dealkylation sites (tertiary alicyclic amines) is 1. The molecule has 224 valence electrons. The number of carbonyl (C=O) groups is 1. The maximum Gasteiger partial charge on any atom is 0.243 e. The van der Waals surface area contributed by atoms with Crippen LogP contribution in [0.3, 0.4) is 0 Å². The van der Waals surface area contributed by atoms with Gasteiger partial charge in [0.25, 0.3) is 0 Å². The molecule has 1 spiro atoms. The molecule has 2 aromatic carbocycles. The van der Waals surface area contributed by atoms with Gasteiger partial charge in [-0.3, -0.25) is 9.69 Å². The zero-order chi connectivity index (χ0) is 29.3. The van der Waals surface area contributed by atoms with E-state index >= 15 is 0 Å². The largest absolute Gasteiger partial charge is 0.325 e. The van der Waals surface area contributed by atoms with Gasteiger partial charge in [0.15, 0.2) is 0 Å². The Labute approximate surface area is 245 Å². The lowest BCUT2D eigenvalue weighted by Crippen LogP contribution is -2.59. The molecule has 3 aliphatic heterocycles. The topological polar surface area (TPSA) is 107 Å². The van der Waals surface area contributed by atoms with Crippen LogP contribution >= 0.6 is 0 Å². The number of nitrogens with one attached hydrogen (secondary N) is 1. The smallest absolute Gasteiger partial charge is 0.243 e. The monoisotopic (exact) mass is 602 g/mol. The highest BCUT2D eigenvalue weighted by atomic mass is 32.2. The van der Waals surface area contributed by atoms with Crippen molar-refractivity contribution in [1.29, 1.82) is 0 Å². The molecule has 0 saturated carbocycles. The van der Waals surface area contributed by atoms with E-state index in [2.05, 4.69) is 10.2 Å². The van der Waals surface area contributed by atoms with E-state index in [1.165, 1.54) is 4.31 Å². The minimum absolute atomic E-state index is 0.0972. The Balaban J connectivity index is 1.16. The van der Waals surface area contributed by atoms with Crippen molar-refractivity contribution in [3.63, 3.8) is 0 Å². The number of benzene rings is 2. The third-order valence-corrected chi connectivity index (χ3v) is 13.1. The maximum absolute atomic E-state index is 13.6. The molecule has 1 amide bonds. The normalized spacial score (nSPS) is 22.4. The zero-order valence-corrected chi connectivity index (χ0v) is 25.7. The lowest BCUT2D eigenvalue weighted by atomic mass is 9.69. The first-order valence-electron chi connectivity index (χ1n) is 14.6. The van der Waals surface area contributed by atoms with Crippen molar-refractivity contribution < 1.29 is 21.6 Å². The molecule has 0 aliphatic carbocycles. The van der Waals surface area contributed by atoms with E-state index in [1.54, 1.807) is 52.8 Å². The number of anilines is 1. The molecule has 3 aliphatic rings. The predicted octanol–water partition coefficient (Wildman–Crippen LogP) is 4.15. The molecule has 5 rings (SSSR count). The molecule has 3 fully saturated rings. The van der Waals surface area contributed by atoms with Crippen LogP contribution in [-0.2, 0) is 24.8 Å². The number of carbonyl (C=O) groups excluding carboxylic acids is 1. The molecule has 0 radical (unpaired) electrons. The van der Waals surface area contributed by atoms with E-state index in [0.29, 0.717) is 30.2 Å². The van der Waals surface area contributed by atoms with E-state index in [0.717, 1.165) is 58.0 Å². The van der Waals surface area contributed by atoms with Crippen molar-refractivity contribution in [2.75, 3.05) is 44.6 Å². The average molecular weight is 603 g/mol. The number of amides is 1. The highest BCUT2D eigenvalue weighted by Gasteiger charge is 2.49. The van der Waals surface area contributed by atoms with Crippen LogP contribution in [0.1, 0.15) is 58.8 Å². The van der Waals surface area contributed by atoms with Gasteiger partial charge in [0.05, 0.1) is 16.3 Å². The summed E-state index contributed by atoms with van der Waals surface area (Å²) in [6.45, 7) is 7.30. The van der Waals surface area contributed by atoms with Crippen molar-refractivity contribution in [1.82, 2.24) is 13.5 Å². The second-order valence-corrected chi connectivity index (χ2v) is 16.3. The first-order valence-corrected chi connectivity index (χ1v) is 17.5. The van der Waals surface area contributed by atoms with E-state index in [4.69, 9.17) is 0 Å². The van der Waals surface area contributed by atoms with Crippen LogP contribution in [0, 0.1) is 5.41 Å². The van der Waals surface area contributed by atoms with Gasteiger partial charge in [0.2, 0.25) is 26.0 Å². The molecule has 3 saturated heterocycles. The third-order valence-electron chi connectivity index (χ3n) is 9.13. The molecule has 0 atom stereocenters. The second kappa shape index (κ2) is 11.8. The van der Waals surface area contributed by atoms with Crippen LogP contribution in [0.2, 0.25) is 0 Å². The number of sulfonamides is 2. The fraction of sp³-hybridized carbons (Fsp3) is 0.567. The number of nitrogens with zero attached hydrogens (tertiary/aromatic N) is 3. The van der Waals surface area contributed by atoms with Crippen molar-refractivity contribution in [2.45, 2.75) is 74.1 Å². The summed E-state index contributed by atoms with van der Waals surface area (Å²) >= 11 is 0. The molecule has 1 N–H and O–H groups in total. The van der Waals surface area contributed by atoms with Crippen molar-refractivity contribution in [3.05, 3.63) is 54.6 Å². The number of hydrogen-bond acceptors (Lipinski definition) is 6. The third kappa shape index (κ3) is 6.54. The Morgan fingerprint density at radius 1 is 0.756 bits per heavy atom. The Hall–Kier alpha value is -2.31. The van der Waals surface area contributed by atoms with Gasteiger partial charge >= 0.3 is 0 Å². The van der Waals surface area contributed by atoms with Crippen LogP contribution in [0.25, 0.3) is 0 Å². The fourth-order valence-corrected chi connectivity index (χ4v) is 9.84. The van der Waals surface area contributed by atoms with E-state index < -0.39 is 25.6 Å². The summed E-state index contributed by atoms with van der Waals surface area (Å²) in [5.41, 5.74) is 0.0111. The average Bonchev–Trinajstić information content (AvgIpc) is 2.97. The van der Waals surface area contributed by atoms with Gasteiger partial charge < -0.3 is 5.32 Å². The Bertz CT molecular complexity index is 1430. The predicted molar refractivity (Wildman–Crippen MR) is 159 cm³/mol. The summed E-state index contributed by atoms with van der Waals surface area (Å²) in [4.78, 5) is 15.5. The molecule has 41 heavy (non-hydrogen) atoms. The van der Waals surface area contributed by atoms with E-state index in [9.17, 15) is 21.6 Å². The highest BCUT2D eigenvalue weighted by molar-refractivity contribution is 7.89. The molecule has 11 heteroatoms. The standard InChI is InChI=1S/C30H42N4O5S2/c1-29(2)15-16-30(24-34(29)41(38,39)26-9-5-3-6-10-26)17-21-32(22-18-30)23-28(35)31-25-11-13-27(14-12-25)40(36,37)33-19-7-4-8-20-33/h3,5-6,9-14H,4,7-8,15-24H2,1-2H3,(H,31,35). The summed E-state index contributed by atoms with van der Waals surface area (Å²) in [5.74, 6) is -0.148. The van der Waals surface area contributed by atoms with Crippen molar-refractivity contribution in [2.24, 2.45) is 5.41 Å². The van der Waals surface area contributed by atoms with Gasteiger partial charge in [0, 0.05) is 30.9 Å². The summed E-state index contributed by atoms with van der Waals surface area (Å²) in [5, 5.41) is 2.90. The molecule has 2 aromatic rings. The molecular weight excluding hydrogens is 560 g/mol. The first-order chi connectivity index (χ1) is 19.4. The Kier molecular flexibility index (Phi) is 8.65. The number of piperidine rings is 3. The quantitative estimate of drug-likeness (QED) is 0.511. The molecule has 3 heterocycles. The summed E-state index contributed by atoms with van der Waals surface area (Å²) in [7, 11) is -7.12. The van der Waals surface area contributed by atoms with Crippen LogP contribution in [0.15, 0.2) is 64.4 Å². The second-order valence-electron chi connectivity index (χ2n) is 12.5. The SMILES string of the molecule is CC1(C)CCC2(CCN(CC(=O)Nc3ccc(S(=O)(=O)N4CCCCC4)cc3)CC2)CN1S(=O)(=O)c1ccccc1. The van der Waals surface area contributed by atoms with Crippen LogP contribution in [-0.4, -0.2) is 81.1 Å². The lowest BCUT2D eigenvalue weighted by molar-refractivity contribution is -0.118. The number of rotatable bonds is 7. The van der Waals surface area contributed by atoms with E-state index in [-0.39, 0.29) is 22.8 Å². The van der Waals surface area contributed by atoms with Gasteiger partial charge in [-0.05, 0) is 107 Å². The van der Waals surface area contributed by atoms with Gasteiger partial charge in [-0.25, -0.2) is 16.8 Å². The van der Waals surface area contributed by atoms with E-state index in [1.807, 2.05) is 19.9 Å². The van der Waals surface area contributed by atoms with Crippen LogP contribution < -0.4 is 5.32 Å². The Morgan fingerprint density at radius 2 is 1.37 bits per heavy atom. The highest BCUT2D eigenvalue weighted by Crippen LogP contribution is 2.46. The minimum atomic E-state index is -3.62. The molecule has 0 aromatic heterocycles. The number of hydrogen-bond donors (Lipinski definition) is 1. The fourth-order valence-electron chi connectivity index (χ4n) is 6.39. The van der Waals surface area contributed by atoms with Crippen LogP contribution in [0.4, 0.5) is 5.69 Å². The minimum Gasteiger partial charge on any atom is -0.325 e. The summed E-state index contributed by atoms with van der Waals surface area (Å²) in [6, 6.07) is 15.1. The van der Waals surface area contributed by atoms with Gasteiger partial charge in [-0.1, -0.05) is 24.6 Å². The molecule has 0 unspecified atom stereocenters. The van der Waals surface area contributed by atoms with Crippen molar-refractivity contribution >= 4 is 31.6 Å². The van der Waals surface area contributed by atoms with Gasteiger partial charge in [-0.2, -0.15) is 8.61 Å². The maximum atomic E-state index is 13.6.